The van der Waals surface area contributed by atoms with Crippen LogP contribution in [-0.2, 0) is 0 Å². The second-order valence-electron chi connectivity index (χ2n) is 6.25. The number of nitrogens with one attached hydrogen (secondary N) is 1. The molecule has 3 N–H and O–H groups in total. The molecule has 1 unspecified atom stereocenters. The zero-order valence-corrected chi connectivity index (χ0v) is 14.1. The normalized spacial score (nSPS) is 12.7. The van der Waals surface area contributed by atoms with Crippen molar-refractivity contribution in [3.8, 4) is 17.2 Å². The van der Waals surface area contributed by atoms with Crippen LogP contribution >= 0.6 is 0 Å². The van der Waals surface area contributed by atoms with E-state index in [2.05, 4.69) is 5.32 Å². The number of hydrogen-bond donors (Lipinski definition) is 3. The van der Waals surface area contributed by atoms with Crippen molar-refractivity contribution in [1.82, 2.24) is 5.32 Å². The predicted molar refractivity (Wildman–Crippen MR) is 93.6 cm³/mol. The summed E-state index contributed by atoms with van der Waals surface area (Å²) >= 11 is 0. The maximum atomic E-state index is 10.0. The maximum Gasteiger partial charge on any atom is 0.169 e. The van der Waals surface area contributed by atoms with Crippen LogP contribution in [0.2, 0.25) is 0 Å². The smallest absolute Gasteiger partial charge is 0.169 e. The van der Waals surface area contributed by atoms with Gasteiger partial charge in [-0.05, 0) is 38.1 Å². The molecule has 2 aromatic carbocycles. The van der Waals surface area contributed by atoms with Gasteiger partial charge in [0.2, 0.25) is 0 Å². The summed E-state index contributed by atoms with van der Waals surface area (Å²) in [4.78, 5) is 0. The Morgan fingerprint density at radius 3 is 2.29 bits per heavy atom. The monoisotopic (exact) mass is 331 g/mol. The fraction of sp³-hybridized carbons (Fsp3) is 0.368. The predicted octanol–water partition coefficient (Wildman–Crippen LogP) is 2.58. The molecule has 0 heterocycles. The lowest BCUT2D eigenvalue weighted by Gasteiger charge is -2.25. The van der Waals surface area contributed by atoms with Crippen molar-refractivity contribution >= 4 is 0 Å². The van der Waals surface area contributed by atoms with Gasteiger partial charge in [-0.3, -0.25) is 0 Å². The van der Waals surface area contributed by atoms with E-state index in [9.17, 15) is 10.2 Å². The lowest BCUT2D eigenvalue weighted by Crippen LogP contribution is -2.47. The molecular weight excluding hydrogens is 306 g/mol. The Labute approximate surface area is 142 Å². The number of ether oxygens (including phenoxy) is 2. The van der Waals surface area contributed by atoms with Gasteiger partial charge in [0.05, 0.1) is 6.61 Å². The van der Waals surface area contributed by atoms with Crippen LogP contribution in [-0.4, -0.2) is 41.6 Å². The van der Waals surface area contributed by atoms with E-state index in [0.29, 0.717) is 18.0 Å². The standard InChI is InChI=1S/C19H25NO4/c1-19(2,14-21)20-12-15(22)13-23-17-10-6-7-11-18(17)24-16-8-4-3-5-9-16/h3-11,15,20-22H,12-14H2,1-2H3. The van der Waals surface area contributed by atoms with Crippen molar-refractivity contribution in [3.63, 3.8) is 0 Å². The van der Waals surface area contributed by atoms with Crippen molar-refractivity contribution in [2.45, 2.75) is 25.5 Å². The molecule has 5 heteroatoms. The highest BCUT2D eigenvalue weighted by Gasteiger charge is 2.17. The second kappa shape index (κ2) is 8.68. The fourth-order valence-electron chi connectivity index (χ4n) is 1.96. The molecule has 0 fully saturated rings. The van der Waals surface area contributed by atoms with Crippen LogP contribution in [0.5, 0.6) is 17.2 Å². The van der Waals surface area contributed by atoms with Gasteiger partial charge in [0.25, 0.3) is 0 Å². The Bertz CT molecular complexity index is 616. The number of hydrogen-bond acceptors (Lipinski definition) is 5. The molecule has 2 aromatic rings. The summed E-state index contributed by atoms with van der Waals surface area (Å²) in [6, 6.07) is 16.8. The summed E-state index contributed by atoms with van der Waals surface area (Å²) in [6.45, 7) is 4.18. The molecule has 0 spiro atoms. The summed E-state index contributed by atoms with van der Waals surface area (Å²) < 4.78 is 11.5. The highest BCUT2D eigenvalue weighted by atomic mass is 16.5. The van der Waals surface area contributed by atoms with Gasteiger partial charge in [0, 0.05) is 12.1 Å². The van der Waals surface area contributed by atoms with Gasteiger partial charge >= 0.3 is 0 Å². The van der Waals surface area contributed by atoms with E-state index in [1.54, 1.807) is 6.07 Å². The van der Waals surface area contributed by atoms with Gasteiger partial charge in [-0.15, -0.1) is 0 Å². The first-order valence-corrected chi connectivity index (χ1v) is 7.99. The van der Waals surface area contributed by atoms with Crippen molar-refractivity contribution in [3.05, 3.63) is 54.6 Å². The quantitative estimate of drug-likeness (QED) is 0.659. The Morgan fingerprint density at radius 1 is 1.00 bits per heavy atom. The van der Waals surface area contributed by atoms with Crippen LogP contribution in [0, 0.1) is 0 Å². The average molecular weight is 331 g/mol. The highest BCUT2D eigenvalue weighted by Crippen LogP contribution is 2.31. The molecule has 1 atom stereocenters. The minimum Gasteiger partial charge on any atom is -0.487 e. The molecule has 2 rings (SSSR count). The molecule has 0 aromatic heterocycles. The van der Waals surface area contributed by atoms with Crippen molar-refractivity contribution < 1.29 is 19.7 Å². The van der Waals surface area contributed by atoms with Gasteiger partial charge in [-0.1, -0.05) is 30.3 Å². The van der Waals surface area contributed by atoms with Crippen molar-refractivity contribution in [2.75, 3.05) is 19.8 Å². The summed E-state index contributed by atoms with van der Waals surface area (Å²) in [5.74, 6) is 1.89. The molecule has 24 heavy (non-hydrogen) atoms. The zero-order valence-electron chi connectivity index (χ0n) is 14.1. The molecule has 0 radical (unpaired) electrons. The Morgan fingerprint density at radius 2 is 1.62 bits per heavy atom. The first-order chi connectivity index (χ1) is 11.5. The van der Waals surface area contributed by atoms with E-state index in [1.807, 2.05) is 62.4 Å². The molecule has 0 amide bonds. The van der Waals surface area contributed by atoms with Crippen LogP contribution < -0.4 is 14.8 Å². The minimum atomic E-state index is -0.694. The summed E-state index contributed by atoms with van der Waals surface area (Å²) in [5.41, 5.74) is -0.435. The first kappa shape index (κ1) is 18.3. The fourth-order valence-corrected chi connectivity index (χ4v) is 1.96. The van der Waals surface area contributed by atoms with Crippen LogP contribution in [0.4, 0.5) is 0 Å². The lowest BCUT2D eigenvalue weighted by molar-refractivity contribution is 0.0897. The molecular formula is C19H25NO4. The third-order valence-corrected chi connectivity index (χ3v) is 3.46. The van der Waals surface area contributed by atoms with Crippen LogP contribution in [0.25, 0.3) is 0 Å². The Balaban J connectivity index is 1.91. The van der Waals surface area contributed by atoms with Gasteiger partial charge < -0.3 is 25.0 Å². The van der Waals surface area contributed by atoms with Gasteiger partial charge in [-0.25, -0.2) is 0 Å². The number of rotatable bonds is 9. The topological polar surface area (TPSA) is 71.0 Å². The van der Waals surface area contributed by atoms with Crippen molar-refractivity contribution in [2.24, 2.45) is 0 Å². The minimum absolute atomic E-state index is 0.00563. The average Bonchev–Trinajstić information content (AvgIpc) is 2.60. The van der Waals surface area contributed by atoms with E-state index < -0.39 is 11.6 Å². The van der Waals surface area contributed by atoms with E-state index in [0.717, 1.165) is 5.75 Å². The van der Waals surface area contributed by atoms with Gasteiger partial charge in [0.1, 0.15) is 18.5 Å². The summed E-state index contributed by atoms with van der Waals surface area (Å²) in [7, 11) is 0. The molecule has 0 bridgehead atoms. The molecule has 5 nitrogen and oxygen atoms in total. The van der Waals surface area contributed by atoms with E-state index in [4.69, 9.17) is 9.47 Å². The first-order valence-electron chi connectivity index (χ1n) is 7.99. The number of benzene rings is 2. The van der Waals surface area contributed by atoms with Gasteiger partial charge in [0.15, 0.2) is 11.5 Å². The lowest BCUT2D eigenvalue weighted by atomic mass is 10.1. The molecule has 0 saturated carbocycles. The maximum absolute atomic E-state index is 10.0. The SMILES string of the molecule is CC(C)(CO)NCC(O)COc1ccccc1Oc1ccccc1. The zero-order chi connectivity index (χ0) is 17.4. The Kier molecular flexibility index (Phi) is 6.61. The molecule has 0 aliphatic heterocycles. The number of β-amino-alcohol motifs (C(OH)–C–C–N with tert-alkyl or cyclic N) is 1. The van der Waals surface area contributed by atoms with Crippen molar-refractivity contribution in [1.29, 1.82) is 0 Å². The van der Waals surface area contributed by atoms with Crippen LogP contribution in [0.1, 0.15) is 13.8 Å². The molecule has 130 valence electrons. The number of aliphatic hydroxyl groups excluding tert-OH is 2. The van der Waals surface area contributed by atoms with E-state index in [-0.39, 0.29) is 13.2 Å². The third-order valence-electron chi connectivity index (χ3n) is 3.46. The number of para-hydroxylation sites is 3. The van der Waals surface area contributed by atoms with E-state index >= 15 is 0 Å². The number of aliphatic hydroxyl groups is 2. The highest BCUT2D eigenvalue weighted by molar-refractivity contribution is 5.42. The Hall–Kier alpha value is -2.08. The summed E-state index contributed by atoms with van der Waals surface area (Å²) in [5, 5.41) is 22.3. The molecule has 0 aliphatic rings. The molecule has 0 saturated heterocycles. The molecule has 0 aliphatic carbocycles. The van der Waals surface area contributed by atoms with Crippen LogP contribution in [0.3, 0.4) is 0 Å². The van der Waals surface area contributed by atoms with Gasteiger partial charge in [-0.2, -0.15) is 0 Å². The summed E-state index contributed by atoms with van der Waals surface area (Å²) in [6.07, 6.45) is -0.694. The second-order valence-corrected chi connectivity index (χ2v) is 6.25. The van der Waals surface area contributed by atoms with Crippen LogP contribution in [0.15, 0.2) is 54.6 Å². The van der Waals surface area contributed by atoms with E-state index in [1.165, 1.54) is 0 Å². The third kappa shape index (κ3) is 5.85. The largest absolute Gasteiger partial charge is 0.487 e.